The molecule has 122 valence electrons. The molecule has 0 bridgehead atoms. The zero-order valence-electron chi connectivity index (χ0n) is 13.3. The fraction of sp³-hybridized carbons (Fsp3) is 0.562. The van der Waals surface area contributed by atoms with Crippen molar-refractivity contribution < 1.29 is 14.3 Å². The lowest BCUT2D eigenvalue weighted by atomic mass is 9.92. The largest absolute Gasteiger partial charge is 0.375 e. The molecule has 3 unspecified atom stereocenters. The van der Waals surface area contributed by atoms with Gasteiger partial charge in [-0.25, -0.2) is 0 Å². The maximum absolute atomic E-state index is 13.1. The van der Waals surface area contributed by atoms with Gasteiger partial charge in [0.25, 0.3) is 5.91 Å². The molecule has 4 heterocycles. The number of carbonyl (C=O) groups excluding carboxylic acids is 1. The second-order valence-corrected chi connectivity index (χ2v) is 6.43. The molecule has 2 aliphatic rings. The van der Waals surface area contributed by atoms with Crippen molar-refractivity contribution in [2.45, 2.75) is 38.1 Å². The number of nitrogens with zero attached hydrogens (tertiary/aromatic N) is 4. The minimum atomic E-state index is -0.397. The molecule has 2 fully saturated rings. The van der Waals surface area contributed by atoms with Crippen LogP contribution in [0.3, 0.4) is 0 Å². The van der Waals surface area contributed by atoms with Gasteiger partial charge in [0.05, 0.1) is 24.3 Å². The van der Waals surface area contributed by atoms with E-state index in [2.05, 4.69) is 10.2 Å². The second kappa shape index (κ2) is 5.28. The molecular weight excluding hydrogens is 296 g/mol. The van der Waals surface area contributed by atoms with E-state index in [9.17, 15) is 4.79 Å². The number of rotatable bonds is 1. The molecule has 2 aliphatic heterocycles. The maximum atomic E-state index is 13.1. The van der Waals surface area contributed by atoms with Gasteiger partial charge in [-0.15, -0.1) is 10.2 Å². The predicted molar refractivity (Wildman–Crippen MR) is 82.2 cm³/mol. The van der Waals surface area contributed by atoms with Crippen LogP contribution in [0.4, 0.5) is 0 Å². The SMILES string of the molecule is CC1CN(C(=O)c2cccn3cnnc23)CC2(CCOC2C)O1. The van der Waals surface area contributed by atoms with Crippen molar-refractivity contribution >= 4 is 11.6 Å². The Bertz CT molecular complexity index is 746. The summed E-state index contributed by atoms with van der Waals surface area (Å²) in [4.78, 5) is 14.9. The molecule has 0 aromatic carbocycles. The van der Waals surface area contributed by atoms with E-state index in [4.69, 9.17) is 9.47 Å². The van der Waals surface area contributed by atoms with E-state index in [0.717, 1.165) is 6.42 Å². The summed E-state index contributed by atoms with van der Waals surface area (Å²) in [6.07, 6.45) is 4.22. The quantitative estimate of drug-likeness (QED) is 0.789. The first kappa shape index (κ1) is 14.6. The van der Waals surface area contributed by atoms with Gasteiger partial charge in [-0.1, -0.05) is 0 Å². The summed E-state index contributed by atoms with van der Waals surface area (Å²) in [5, 5.41) is 7.95. The summed E-state index contributed by atoms with van der Waals surface area (Å²) in [7, 11) is 0. The number of ether oxygens (including phenoxy) is 2. The summed E-state index contributed by atoms with van der Waals surface area (Å²) in [6.45, 7) is 5.82. The van der Waals surface area contributed by atoms with Crippen LogP contribution in [0.1, 0.15) is 30.6 Å². The molecule has 7 heteroatoms. The molecule has 2 aromatic heterocycles. The lowest BCUT2D eigenvalue weighted by Gasteiger charge is -2.45. The van der Waals surface area contributed by atoms with Crippen LogP contribution >= 0.6 is 0 Å². The van der Waals surface area contributed by atoms with Gasteiger partial charge in [0, 0.05) is 25.8 Å². The fourth-order valence-corrected chi connectivity index (χ4v) is 3.64. The van der Waals surface area contributed by atoms with Crippen molar-refractivity contribution in [1.29, 1.82) is 0 Å². The minimum Gasteiger partial charge on any atom is -0.375 e. The molecule has 0 aliphatic carbocycles. The number of aromatic nitrogens is 3. The Kier molecular flexibility index (Phi) is 3.35. The van der Waals surface area contributed by atoms with Crippen molar-refractivity contribution in [2.24, 2.45) is 0 Å². The first-order valence-corrected chi connectivity index (χ1v) is 7.96. The van der Waals surface area contributed by atoms with Gasteiger partial charge in [-0.3, -0.25) is 9.20 Å². The Hall–Kier alpha value is -1.99. The Morgan fingerprint density at radius 2 is 2.30 bits per heavy atom. The van der Waals surface area contributed by atoms with Gasteiger partial charge in [0.2, 0.25) is 0 Å². The van der Waals surface area contributed by atoms with Crippen molar-refractivity contribution in [1.82, 2.24) is 19.5 Å². The van der Waals surface area contributed by atoms with Gasteiger partial charge in [-0.05, 0) is 26.0 Å². The van der Waals surface area contributed by atoms with Crippen LogP contribution in [-0.2, 0) is 9.47 Å². The number of hydrogen-bond donors (Lipinski definition) is 0. The number of morpholine rings is 1. The van der Waals surface area contributed by atoms with Crippen LogP contribution in [0.5, 0.6) is 0 Å². The topological polar surface area (TPSA) is 69.0 Å². The number of fused-ring (bicyclic) bond motifs is 1. The molecule has 0 N–H and O–H groups in total. The first-order chi connectivity index (χ1) is 11.1. The number of amides is 1. The van der Waals surface area contributed by atoms with E-state index in [0.29, 0.717) is 30.9 Å². The van der Waals surface area contributed by atoms with Crippen LogP contribution in [0.25, 0.3) is 5.65 Å². The lowest BCUT2D eigenvalue weighted by molar-refractivity contribution is -0.160. The van der Waals surface area contributed by atoms with E-state index in [-0.39, 0.29) is 18.1 Å². The highest BCUT2D eigenvalue weighted by Gasteiger charge is 2.49. The second-order valence-electron chi connectivity index (χ2n) is 6.43. The molecule has 1 amide bonds. The molecule has 0 radical (unpaired) electrons. The van der Waals surface area contributed by atoms with Gasteiger partial charge in [0.1, 0.15) is 11.9 Å². The van der Waals surface area contributed by atoms with Crippen molar-refractivity contribution in [3.8, 4) is 0 Å². The molecular formula is C16H20N4O3. The van der Waals surface area contributed by atoms with Crippen LogP contribution in [0.15, 0.2) is 24.7 Å². The van der Waals surface area contributed by atoms with E-state index in [1.165, 1.54) is 0 Å². The molecule has 23 heavy (non-hydrogen) atoms. The van der Waals surface area contributed by atoms with Crippen molar-refractivity contribution in [2.75, 3.05) is 19.7 Å². The summed E-state index contributed by atoms with van der Waals surface area (Å²) in [6, 6.07) is 3.64. The van der Waals surface area contributed by atoms with E-state index >= 15 is 0 Å². The Labute approximate surface area is 134 Å². The van der Waals surface area contributed by atoms with Gasteiger partial charge in [-0.2, -0.15) is 0 Å². The number of pyridine rings is 1. The maximum Gasteiger partial charge on any atom is 0.257 e. The van der Waals surface area contributed by atoms with Gasteiger partial charge in [0.15, 0.2) is 5.65 Å². The Balaban J connectivity index is 1.66. The zero-order chi connectivity index (χ0) is 16.0. The average molecular weight is 316 g/mol. The molecule has 1 spiro atoms. The third-order valence-electron chi connectivity index (χ3n) is 4.85. The highest BCUT2D eigenvalue weighted by molar-refractivity contribution is 5.99. The van der Waals surface area contributed by atoms with Crippen LogP contribution in [0, 0.1) is 0 Å². The Morgan fingerprint density at radius 3 is 3.09 bits per heavy atom. The number of hydrogen-bond acceptors (Lipinski definition) is 5. The van der Waals surface area contributed by atoms with E-state index in [1.54, 1.807) is 16.8 Å². The molecule has 7 nitrogen and oxygen atoms in total. The normalized spacial score (nSPS) is 31.1. The summed E-state index contributed by atoms with van der Waals surface area (Å²) >= 11 is 0. The molecule has 2 saturated heterocycles. The summed E-state index contributed by atoms with van der Waals surface area (Å²) in [5.41, 5.74) is 0.758. The third-order valence-corrected chi connectivity index (χ3v) is 4.85. The zero-order valence-corrected chi connectivity index (χ0v) is 13.3. The highest BCUT2D eigenvalue weighted by Crippen LogP contribution is 2.35. The first-order valence-electron chi connectivity index (χ1n) is 7.96. The third kappa shape index (κ3) is 2.31. The lowest BCUT2D eigenvalue weighted by Crippen LogP contribution is -2.59. The standard InChI is InChI=1S/C16H20N4O3/c1-11-8-20(9-16(23-11)5-7-22-12(16)2)15(21)13-4-3-6-19-10-17-18-14(13)19/h3-4,6,10-12H,5,7-9H2,1-2H3. The highest BCUT2D eigenvalue weighted by atomic mass is 16.6. The van der Waals surface area contributed by atoms with E-state index < -0.39 is 5.60 Å². The molecule has 3 atom stereocenters. The molecule has 2 aromatic rings. The average Bonchev–Trinajstić information content (AvgIpc) is 3.13. The minimum absolute atomic E-state index is 0.00978. The monoisotopic (exact) mass is 316 g/mol. The van der Waals surface area contributed by atoms with Crippen LogP contribution in [-0.4, -0.2) is 62.9 Å². The summed E-state index contributed by atoms with van der Waals surface area (Å²) in [5.74, 6) is -0.0303. The summed E-state index contributed by atoms with van der Waals surface area (Å²) < 4.78 is 13.6. The van der Waals surface area contributed by atoms with Crippen LogP contribution in [0.2, 0.25) is 0 Å². The predicted octanol–water partition coefficient (Wildman–Crippen LogP) is 1.14. The van der Waals surface area contributed by atoms with Crippen molar-refractivity contribution in [3.63, 3.8) is 0 Å². The molecule has 4 rings (SSSR count). The smallest absolute Gasteiger partial charge is 0.257 e. The van der Waals surface area contributed by atoms with Gasteiger partial charge >= 0.3 is 0 Å². The molecule has 0 saturated carbocycles. The fourth-order valence-electron chi connectivity index (χ4n) is 3.64. The van der Waals surface area contributed by atoms with Crippen molar-refractivity contribution in [3.05, 3.63) is 30.2 Å². The van der Waals surface area contributed by atoms with Crippen LogP contribution < -0.4 is 0 Å². The van der Waals surface area contributed by atoms with E-state index in [1.807, 2.05) is 31.0 Å². The van der Waals surface area contributed by atoms with Gasteiger partial charge < -0.3 is 14.4 Å². The number of carbonyl (C=O) groups is 1. The Morgan fingerprint density at radius 1 is 1.43 bits per heavy atom.